The summed E-state index contributed by atoms with van der Waals surface area (Å²) >= 11 is 0. The van der Waals surface area contributed by atoms with Crippen LogP contribution < -0.4 is 5.32 Å². The molecule has 0 aromatic heterocycles. The number of phenols is 1. The highest BCUT2D eigenvalue weighted by Gasteiger charge is 2.34. The van der Waals surface area contributed by atoms with E-state index in [1.807, 2.05) is 6.92 Å². The normalized spacial score (nSPS) is 20.8. The molecule has 1 saturated carbocycles. The zero-order valence-electron chi connectivity index (χ0n) is 14.3. The van der Waals surface area contributed by atoms with Crippen LogP contribution in [0.25, 0.3) is 0 Å². The molecule has 1 atom stereocenters. The Morgan fingerprint density at radius 2 is 1.75 bits per heavy atom. The molecule has 0 radical (unpaired) electrons. The third kappa shape index (κ3) is 4.54. The topological polar surface area (TPSA) is 35.5 Å². The van der Waals surface area contributed by atoms with Crippen LogP contribution in [0.5, 0.6) is 5.75 Å². The van der Waals surface area contributed by atoms with E-state index in [-0.39, 0.29) is 42.4 Å². The van der Waals surface area contributed by atoms with Crippen LogP contribution in [0.3, 0.4) is 0 Å². The van der Waals surface area contributed by atoms with Crippen molar-refractivity contribution in [1.29, 1.82) is 0 Å². The van der Waals surface area contributed by atoms with Gasteiger partial charge in [-0.25, -0.2) is 4.39 Å². The minimum Gasteiger partial charge on any atom is -0.507 e. The Kier molecular flexibility index (Phi) is 8.78. The molecular formula is C18H29Cl2FN2O. The summed E-state index contributed by atoms with van der Waals surface area (Å²) in [6.45, 7) is 5.59. The molecule has 1 aromatic carbocycles. The number of hydrogen-bond acceptors (Lipinski definition) is 3. The molecule has 1 aromatic rings. The number of nitrogens with one attached hydrogen (secondary N) is 1. The molecule has 0 spiro atoms. The fourth-order valence-corrected chi connectivity index (χ4v) is 4.10. The van der Waals surface area contributed by atoms with Crippen molar-refractivity contribution in [3.63, 3.8) is 0 Å². The van der Waals surface area contributed by atoms with Gasteiger partial charge >= 0.3 is 0 Å². The second-order valence-corrected chi connectivity index (χ2v) is 6.76. The predicted octanol–water partition coefficient (Wildman–Crippen LogP) is 4.21. The molecule has 1 aliphatic carbocycles. The van der Waals surface area contributed by atoms with Crippen molar-refractivity contribution in [3.8, 4) is 5.75 Å². The van der Waals surface area contributed by atoms with E-state index in [0.29, 0.717) is 11.5 Å². The molecule has 0 bridgehead atoms. The summed E-state index contributed by atoms with van der Waals surface area (Å²) in [4.78, 5) is 2.38. The summed E-state index contributed by atoms with van der Waals surface area (Å²) in [5, 5.41) is 13.9. The molecule has 138 valence electrons. The van der Waals surface area contributed by atoms with Crippen LogP contribution in [0.2, 0.25) is 0 Å². The lowest BCUT2D eigenvalue weighted by molar-refractivity contribution is 0.0983. The fourth-order valence-electron chi connectivity index (χ4n) is 4.10. The number of rotatable bonds is 3. The van der Waals surface area contributed by atoms with Crippen LogP contribution in [-0.4, -0.2) is 36.2 Å². The van der Waals surface area contributed by atoms with Crippen molar-refractivity contribution in [2.24, 2.45) is 5.92 Å². The van der Waals surface area contributed by atoms with Gasteiger partial charge in [0.2, 0.25) is 0 Å². The lowest BCUT2D eigenvalue weighted by Gasteiger charge is -2.41. The van der Waals surface area contributed by atoms with Crippen LogP contribution in [-0.2, 0) is 0 Å². The molecule has 0 unspecified atom stereocenters. The van der Waals surface area contributed by atoms with Gasteiger partial charge in [-0.05, 0) is 37.3 Å². The molecule has 1 aliphatic heterocycles. The number of halogens is 3. The first kappa shape index (κ1) is 21.5. The van der Waals surface area contributed by atoms with Gasteiger partial charge in [0.25, 0.3) is 0 Å². The van der Waals surface area contributed by atoms with Gasteiger partial charge in [-0.3, -0.25) is 4.90 Å². The second kappa shape index (κ2) is 9.81. The summed E-state index contributed by atoms with van der Waals surface area (Å²) < 4.78 is 14.6. The predicted molar refractivity (Wildman–Crippen MR) is 101 cm³/mol. The van der Waals surface area contributed by atoms with Crippen LogP contribution in [0.15, 0.2) is 12.1 Å². The highest BCUT2D eigenvalue weighted by Crippen LogP contribution is 2.43. The van der Waals surface area contributed by atoms with E-state index in [2.05, 4.69) is 10.2 Å². The SMILES string of the molecule is Cc1ccc(F)c([C@@H](C2CCCCC2)N2CCNCC2)c1O.Cl.Cl. The molecule has 1 saturated heterocycles. The Bertz CT molecular complexity index is 500. The average Bonchev–Trinajstić information content (AvgIpc) is 2.57. The first-order chi connectivity index (χ1) is 10.7. The first-order valence-corrected chi connectivity index (χ1v) is 8.61. The van der Waals surface area contributed by atoms with E-state index in [9.17, 15) is 9.50 Å². The molecular weight excluding hydrogens is 350 g/mol. The number of hydrogen-bond donors (Lipinski definition) is 2. The lowest BCUT2D eigenvalue weighted by atomic mass is 9.79. The minimum atomic E-state index is -0.253. The van der Waals surface area contributed by atoms with Crippen molar-refractivity contribution in [3.05, 3.63) is 29.1 Å². The highest BCUT2D eigenvalue weighted by atomic mass is 35.5. The maximum atomic E-state index is 14.6. The lowest BCUT2D eigenvalue weighted by Crippen LogP contribution is -2.47. The van der Waals surface area contributed by atoms with Crippen molar-refractivity contribution in [2.45, 2.75) is 45.1 Å². The smallest absolute Gasteiger partial charge is 0.131 e. The first-order valence-electron chi connectivity index (χ1n) is 8.61. The number of piperazine rings is 1. The Morgan fingerprint density at radius 1 is 1.12 bits per heavy atom. The summed E-state index contributed by atoms with van der Waals surface area (Å²) in [5.41, 5.74) is 1.31. The van der Waals surface area contributed by atoms with Crippen LogP contribution in [0, 0.1) is 18.7 Å². The summed E-state index contributed by atoms with van der Waals surface area (Å²) in [7, 11) is 0. The molecule has 6 heteroatoms. The van der Waals surface area contributed by atoms with Crippen LogP contribution >= 0.6 is 24.8 Å². The van der Waals surface area contributed by atoms with Crippen molar-refractivity contribution < 1.29 is 9.50 Å². The summed E-state index contributed by atoms with van der Waals surface area (Å²) in [6.07, 6.45) is 6.01. The molecule has 24 heavy (non-hydrogen) atoms. The number of nitrogens with zero attached hydrogens (tertiary/aromatic N) is 1. The van der Waals surface area contributed by atoms with E-state index in [4.69, 9.17) is 0 Å². The molecule has 3 rings (SSSR count). The third-order valence-corrected chi connectivity index (χ3v) is 5.30. The average molecular weight is 379 g/mol. The van der Waals surface area contributed by atoms with Gasteiger partial charge in [-0.1, -0.05) is 25.3 Å². The minimum absolute atomic E-state index is 0. The zero-order chi connectivity index (χ0) is 15.5. The number of benzene rings is 1. The third-order valence-electron chi connectivity index (χ3n) is 5.30. The highest BCUT2D eigenvalue weighted by molar-refractivity contribution is 5.85. The maximum absolute atomic E-state index is 14.6. The van der Waals surface area contributed by atoms with E-state index in [1.54, 1.807) is 6.07 Å². The number of aromatic hydroxyl groups is 1. The van der Waals surface area contributed by atoms with Gasteiger partial charge in [0.1, 0.15) is 11.6 Å². The van der Waals surface area contributed by atoms with Gasteiger partial charge in [0.15, 0.2) is 0 Å². The Labute approximate surface area is 156 Å². The maximum Gasteiger partial charge on any atom is 0.131 e. The molecule has 2 N–H and O–H groups in total. The van der Waals surface area contributed by atoms with Crippen LogP contribution in [0.1, 0.15) is 49.3 Å². The summed E-state index contributed by atoms with van der Waals surface area (Å²) in [5.74, 6) is 0.361. The number of aryl methyl sites for hydroxylation is 1. The Morgan fingerprint density at radius 3 is 2.38 bits per heavy atom. The van der Waals surface area contributed by atoms with Gasteiger partial charge in [-0.15, -0.1) is 24.8 Å². The monoisotopic (exact) mass is 378 g/mol. The summed E-state index contributed by atoms with van der Waals surface area (Å²) in [6, 6.07) is 3.20. The van der Waals surface area contributed by atoms with E-state index in [0.717, 1.165) is 44.6 Å². The standard InChI is InChI=1S/C18H27FN2O.2ClH/c1-13-7-8-15(19)16(18(13)22)17(14-5-3-2-4-6-14)21-11-9-20-10-12-21;;/h7-8,14,17,20,22H,2-6,9-12H2,1H3;2*1H/t17-;;/m1../s1. The molecule has 0 amide bonds. The quantitative estimate of drug-likeness (QED) is 0.826. The van der Waals surface area contributed by atoms with Gasteiger partial charge in [0.05, 0.1) is 0 Å². The van der Waals surface area contributed by atoms with E-state index in [1.165, 1.54) is 25.3 Å². The Hall–Kier alpha value is -0.550. The zero-order valence-corrected chi connectivity index (χ0v) is 15.9. The van der Waals surface area contributed by atoms with Gasteiger partial charge < -0.3 is 10.4 Å². The second-order valence-electron chi connectivity index (χ2n) is 6.76. The largest absolute Gasteiger partial charge is 0.507 e. The molecule has 2 fully saturated rings. The fraction of sp³-hybridized carbons (Fsp3) is 0.667. The van der Waals surface area contributed by atoms with Crippen molar-refractivity contribution in [2.75, 3.05) is 26.2 Å². The van der Waals surface area contributed by atoms with Gasteiger partial charge in [0, 0.05) is 37.8 Å². The van der Waals surface area contributed by atoms with E-state index >= 15 is 0 Å². The number of phenolic OH excluding ortho intramolecular Hbond substituents is 1. The van der Waals surface area contributed by atoms with Crippen LogP contribution in [0.4, 0.5) is 4.39 Å². The van der Waals surface area contributed by atoms with Crippen molar-refractivity contribution >= 4 is 24.8 Å². The molecule has 3 nitrogen and oxygen atoms in total. The molecule has 1 heterocycles. The van der Waals surface area contributed by atoms with Gasteiger partial charge in [-0.2, -0.15) is 0 Å². The van der Waals surface area contributed by atoms with E-state index < -0.39 is 0 Å². The van der Waals surface area contributed by atoms with Crippen molar-refractivity contribution in [1.82, 2.24) is 10.2 Å². The Balaban J connectivity index is 0.00000144. The molecule has 2 aliphatic rings.